The summed E-state index contributed by atoms with van der Waals surface area (Å²) in [4.78, 5) is 26.2. The maximum atomic E-state index is 13.2. The molecule has 0 aromatic carbocycles. The minimum absolute atomic E-state index is 0.0883. The van der Waals surface area contributed by atoms with E-state index in [1.165, 1.54) is 238 Å². The lowest BCUT2D eigenvalue weighted by Crippen LogP contribution is -2.46. The molecule has 0 rings (SSSR count). The number of ether oxygens (including phenoxy) is 1. The van der Waals surface area contributed by atoms with Crippen LogP contribution < -0.4 is 5.32 Å². The highest BCUT2D eigenvalue weighted by Gasteiger charge is 2.24. The second-order valence-electron chi connectivity index (χ2n) is 19.7. The fourth-order valence-electron chi connectivity index (χ4n) is 9.14. The first-order chi connectivity index (χ1) is 30.5. The summed E-state index contributed by atoms with van der Waals surface area (Å²) in [6.45, 7) is 6.53. The summed E-state index contributed by atoms with van der Waals surface area (Å²) in [7, 11) is 0. The molecule has 3 N–H and O–H groups in total. The van der Waals surface area contributed by atoms with Gasteiger partial charge in [0.15, 0.2) is 0 Å². The van der Waals surface area contributed by atoms with Crippen LogP contribution >= 0.6 is 0 Å². The molecule has 0 aromatic heterocycles. The van der Waals surface area contributed by atoms with Crippen LogP contribution in [0.15, 0.2) is 0 Å². The average molecular weight is 879 g/mol. The van der Waals surface area contributed by atoms with Gasteiger partial charge in [-0.2, -0.15) is 0 Å². The van der Waals surface area contributed by atoms with Crippen molar-refractivity contribution >= 4 is 11.9 Å². The number of hydrogen-bond acceptors (Lipinski definition) is 5. The molecule has 3 atom stereocenters. The average Bonchev–Trinajstić information content (AvgIpc) is 3.26. The molecule has 0 saturated carbocycles. The van der Waals surface area contributed by atoms with Gasteiger partial charge in [0.1, 0.15) is 6.10 Å². The molecule has 0 heterocycles. The molecule has 0 spiro atoms. The first-order valence-electron chi connectivity index (χ1n) is 28.3. The maximum Gasteiger partial charge on any atom is 0.306 e. The van der Waals surface area contributed by atoms with E-state index >= 15 is 0 Å². The second kappa shape index (κ2) is 50.9. The van der Waals surface area contributed by atoms with E-state index in [2.05, 4.69) is 26.1 Å². The molecule has 370 valence electrons. The van der Waals surface area contributed by atoms with Crippen LogP contribution in [0.5, 0.6) is 0 Å². The minimum Gasteiger partial charge on any atom is -0.462 e. The summed E-state index contributed by atoms with van der Waals surface area (Å²) < 4.78 is 5.96. The van der Waals surface area contributed by atoms with Crippen molar-refractivity contribution in [3.8, 4) is 0 Å². The summed E-state index contributed by atoms with van der Waals surface area (Å²) in [6.07, 6.45) is 55.9. The molecule has 0 bridgehead atoms. The molecule has 0 fully saturated rings. The molecule has 62 heavy (non-hydrogen) atoms. The number of aliphatic hydroxyl groups excluding tert-OH is 2. The number of amides is 1. The van der Waals surface area contributed by atoms with Crippen molar-refractivity contribution in [3.05, 3.63) is 0 Å². The van der Waals surface area contributed by atoms with Crippen LogP contribution in [-0.4, -0.2) is 46.9 Å². The molecule has 0 aliphatic rings. The van der Waals surface area contributed by atoms with Crippen LogP contribution in [0.3, 0.4) is 0 Å². The van der Waals surface area contributed by atoms with Gasteiger partial charge in [-0.3, -0.25) is 9.59 Å². The third-order valence-corrected chi connectivity index (χ3v) is 13.4. The van der Waals surface area contributed by atoms with Crippen LogP contribution in [0.4, 0.5) is 0 Å². The summed E-state index contributed by atoms with van der Waals surface area (Å²) in [5.41, 5.74) is 0. The highest BCUT2D eigenvalue weighted by Crippen LogP contribution is 2.19. The van der Waals surface area contributed by atoms with Gasteiger partial charge in [-0.25, -0.2) is 0 Å². The number of hydrogen-bond donors (Lipinski definition) is 3. The Labute approximate surface area is 387 Å². The Morgan fingerprint density at radius 2 is 0.677 bits per heavy atom. The monoisotopic (exact) mass is 878 g/mol. The van der Waals surface area contributed by atoms with Gasteiger partial charge in [-0.1, -0.05) is 284 Å². The number of esters is 1. The smallest absolute Gasteiger partial charge is 0.306 e. The molecule has 0 aliphatic heterocycles. The van der Waals surface area contributed by atoms with Crippen LogP contribution in [-0.2, 0) is 14.3 Å². The number of unbranched alkanes of at least 4 members (excludes halogenated alkanes) is 40. The molecule has 3 unspecified atom stereocenters. The van der Waals surface area contributed by atoms with Gasteiger partial charge < -0.3 is 20.3 Å². The zero-order chi connectivity index (χ0) is 45.2. The minimum atomic E-state index is -0.779. The van der Waals surface area contributed by atoms with E-state index in [0.29, 0.717) is 19.3 Å². The first-order valence-corrected chi connectivity index (χ1v) is 28.3. The summed E-state index contributed by atoms with van der Waals surface area (Å²) >= 11 is 0. The van der Waals surface area contributed by atoms with Crippen LogP contribution in [0.1, 0.15) is 323 Å². The van der Waals surface area contributed by atoms with Crippen LogP contribution in [0, 0.1) is 0 Å². The van der Waals surface area contributed by atoms with Gasteiger partial charge in [0.2, 0.25) is 5.91 Å². The normalized spacial score (nSPS) is 13.0. The summed E-state index contributed by atoms with van der Waals surface area (Å²) in [5, 5.41) is 23.8. The topological polar surface area (TPSA) is 95.9 Å². The van der Waals surface area contributed by atoms with Gasteiger partial charge >= 0.3 is 5.97 Å². The van der Waals surface area contributed by atoms with Gasteiger partial charge in [0.05, 0.1) is 25.2 Å². The van der Waals surface area contributed by atoms with Gasteiger partial charge in [0, 0.05) is 6.42 Å². The van der Waals surface area contributed by atoms with E-state index < -0.39 is 18.2 Å². The molecular weight excluding hydrogens is 767 g/mol. The lowest BCUT2D eigenvalue weighted by molar-refractivity contribution is -0.151. The quantitative estimate of drug-likeness (QED) is 0.0418. The van der Waals surface area contributed by atoms with Crippen molar-refractivity contribution in [2.24, 2.45) is 0 Å². The number of aliphatic hydroxyl groups is 2. The third kappa shape index (κ3) is 45.4. The number of carbonyl (C=O) groups is 2. The van der Waals surface area contributed by atoms with Crippen molar-refractivity contribution < 1.29 is 24.5 Å². The molecular formula is C56H111NO5. The molecule has 1 amide bonds. The Morgan fingerprint density at radius 3 is 0.984 bits per heavy atom. The number of nitrogens with one attached hydrogen (secondary N) is 1. The third-order valence-electron chi connectivity index (χ3n) is 13.4. The summed E-state index contributed by atoms with van der Waals surface area (Å²) in [6, 6.07) is -0.692. The standard InChI is InChI=1S/C56H111NO5/c1-4-7-10-13-16-19-22-25-27-28-31-34-37-40-43-46-49-56(61)62-52(47-44-41-38-35-32-29-24-21-18-15-12-9-6-3)50-55(60)57-53(51-58)54(59)48-45-42-39-36-33-30-26-23-20-17-14-11-8-5-2/h52-54,58-59H,4-51H2,1-3H3,(H,57,60). The van der Waals surface area contributed by atoms with Crippen LogP contribution in [0.25, 0.3) is 0 Å². The fourth-order valence-corrected chi connectivity index (χ4v) is 9.14. The van der Waals surface area contributed by atoms with E-state index in [9.17, 15) is 19.8 Å². The van der Waals surface area contributed by atoms with Gasteiger partial charge in [-0.05, 0) is 25.7 Å². The van der Waals surface area contributed by atoms with E-state index in [4.69, 9.17) is 4.74 Å². The highest BCUT2D eigenvalue weighted by atomic mass is 16.5. The lowest BCUT2D eigenvalue weighted by atomic mass is 10.0. The second-order valence-corrected chi connectivity index (χ2v) is 19.7. The van der Waals surface area contributed by atoms with E-state index in [1.54, 1.807) is 0 Å². The Bertz CT molecular complexity index is 898. The van der Waals surface area contributed by atoms with Gasteiger partial charge in [-0.15, -0.1) is 0 Å². The van der Waals surface area contributed by atoms with E-state index in [-0.39, 0.29) is 24.9 Å². The van der Waals surface area contributed by atoms with Crippen LogP contribution in [0.2, 0.25) is 0 Å². The maximum absolute atomic E-state index is 13.2. The Balaban J connectivity index is 4.47. The Kier molecular flexibility index (Phi) is 49.9. The SMILES string of the molecule is CCCCCCCCCCCCCCCCCCC(=O)OC(CCCCCCCCCCCCCCC)CC(=O)NC(CO)C(O)CCCCCCCCCCCCCCCC. The fraction of sp³-hybridized carbons (Fsp3) is 0.964. The highest BCUT2D eigenvalue weighted by molar-refractivity contribution is 5.77. The largest absolute Gasteiger partial charge is 0.462 e. The zero-order valence-electron chi connectivity index (χ0n) is 42.3. The first kappa shape index (κ1) is 60.9. The van der Waals surface area contributed by atoms with Crippen molar-refractivity contribution in [2.45, 2.75) is 341 Å². The van der Waals surface area contributed by atoms with Crippen molar-refractivity contribution in [1.29, 1.82) is 0 Å². The van der Waals surface area contributed by atoms with Crippen molar-refractivity contribution in [3.63, 3.8) is 0 Å². The Hall–Kier alpha value is -1.14. The summed E-state index contributed by atoms with van der Waals surface area (Å²) in [5.74, 6) is -0.446. The lowest BCUT2D eigenvalue weighted by Gasteiger charge is -2.24. The molecule has 6 heteroatoms. The molecule has 0 radical (unpaired) electrons. The molecule has 6 nitrogen and oxygen atoms in total. The number of rotatable bonds is 52. The van der Waals surface area contributed by atoms with E-state index in [0.717, 1.165) is 38.5 Å². The predicted octanol–water partition coefficient (Wildman–Crippen LogP) is 17.1. The molecule has 0 saturated heterocycles. The zero-order valence-corrected chi connectivity index (χ0v) is 42.3. The molecule has 0 aromatic rings. The van der Waals surface area contributed by atoms with Gasteiger partial charge in [0.25, 0.3) is 0 Å². The molecule has 0 aliphatic carbocycles. The van der Waals surface area contributed by atoms with Crippen molar-refractivity contribution in [1.82, 2.24) is 5.32 Å². The Morgan fingerprint density at radius 1 is 0.403 bits per heavy atom. The number of carbonyl (C=O) groups excluding carboxylic acids is 2. The van der Waals surface area contributed by atoms with E-state index in [1.807, 2.05) is 0 Å². The van der Waals surface area contributed by atoms with Crippen molar-refractivity contribution in [2.75, 3.05) is 6.61 Å². The predicted molar refractivity (Wildman–Crippen MR) is 269 cm³/mol.